The molecule has 0 spiro atoms. The Labute approximate surface area is 175 Å². The number of hydrogen-bond donors (Lipinski definition) is 1. The van der Waals surface area contributed by atoms with Crippen LogP contribution in [0.15, 0.2) is 24.3 Å². The number of hydrogen-bond acceptors (Lipinski definition) is 6. The molecule has 6 nitrogen and oxygen atoms in total. The summed E-state index contributed by atoms with van der Waals surface area (Å²) in [6.07, 6.45) is -4.92. The highest BCUT2D eigenvalue weighted by Gasteiger charge is 2.31. The van der Waals surface area contributed by atoms with Crippen molar-refractivity contribution >= 4 is 34.2 Å². The first kappa shape index (κ1) is 23.4. The summed E-state index contributed by atoms with van der Waals surface area (Å²) in [5, 5.41) is 2.53. The van der Waals surface area contributed by atoms with Gasteiger partial charge in [0.15, 0.2) is 0 Å². The van der Waals surface area contributed by atoms with Crippen molar-refractivity contribution in [3.05, 3.63) is 51.4 Å². The molecule has 1 heterocycles. The van der Waals surface area contributed by atoms with Crippen molar-refractivity contribution in [3.63, 3.8) is 0 Å². The minimum Gasteiger partial charge on any atom is -0.462 e. The van der Waals surface area contributed by atoms with E-state index in [9.17, 15) is 27.6 Å². The number of benzene rings is 1. The van der Waals surface area contributed by atoms with Crippen LogP contribution < -0.4 is 5.32 Å². The first-order chi connectivity index (χ1) is 14.0. The maximum Gasteiger partial charge on any atom is 0.416 e. The largest absolute Gasteiger partial charge is 0.462 e. The van der Waals surface area contributed by atoms with Gasteiger partial charge in [0.05, 0.1) is 23.8 Å². The molecule has 0 aliphatic rings. The van der Waals surface area contributed by atoms with E-state index in [1.165, 1.54) is 6.92 Å². The van der Waals surface area contributed by atoms with E-state index >= 15 is 0 Å². The fourth-order valence-electron chi connectivity index (χ4n) is 2.50. The number of nitrogens with one attached hydrogen (secondary N) is 1. The molecule has 0 aliphatic heterocycles. The number of carbonyl (C=O) groups is 3. The highest BCUT2D eigenvalue weighted by atomic mass is 32.1. The highest BCUT2D eigenvalue weighted by Crippen LogP contribution is 2.35. The molecule has 162 valence electrons. The third kappa shape index (κ3) is 5.38. The van der Waals surface area contributed by atoms with Crippen molar-refractivity contribution in [2.45, 2.75) is 40.0 Å². The Bertz CT molecular complexity index is 949. The molecule has 1 aromatic carbocycles. The van der Waals surface area contributed by atoms with Gasteiger partial charge in [0.25, 0.3) is 5.91 Å². The zero-order valence-corrected chi connectivity index (χ0v) is 17.5. The molecule has 0 saturated carbocycles. The summed E-state index contributed by atoms with van der Waals surface area (Å²) < 4.78 is 48.3. The third-order valence-electron chi connectivity index (χ3n) is 3.86. The average molecular weight is 443 g/mol. The van der Waals surface area contributed by atoms with Gasteiger partial charge in [-0.15, -0.1) is 11.3 Å². The second-order valence-electron chi connectivity index (χ2n) is 6.46. The van der Waals surface area contributed by atoms with Crippen LogP contribution in [-0.4, -0.2) is 30.6 Å². The quantitative estimate of drug-likeness (QED) is 0.631. The zero-order valence-electron chi connectivity index (χ0n) is 16.7. The van der Waals surface area contributed by atoms with Crippen molar-refractivity contribution in [2.75, 3.05) is 11.9 Å². The Balaban J connectivity index is 2.38. The number of esters is 2. The number of alkyl halides is 3. The van der Waals surface area contributed by atoms with Gasteiger partial charge in [-0.2, -0.15) is 13.2 Å². The van der Waals surface area contributed by atoms with Gasteiger partial charge in [0, 0.05) is 5.56 Å². The SMILES string of the molecule is CCOC(=O)c1c(NC(=O)c2ccc(C(F)(F)F)cc2)sc(C(=O)OC(C)C)c1C. The predicted octanol–water partition coefficient (Wildman–Crippen LogP) is 5.07. The summed E-state index contributed by atoms with van der Waals surface area (Å²) >= 11 is 0.833. The monoisotopic (exact) mass is 443 g/mol. The van der Waals surface area contributed by atoms with Crippen LogP contribution in [0.2, 0.25) is 0 Å². The minimum absolute atomic E-state index is 0.00202. The Kier molecular flexibility index (Phi) is 7.25. The summed E-state index contributed by atoms with van der Waals surface area (Å²) in [5.74, 6) is -2.13. The van der Waals surface area contributed by atoms with E-state index in [4.69, 9.17) is 9.47 Å². The molecule has 1 N–H and O–H groups in total. The zero-order chi connectivity index (χ0) is 22.6. The molecule has 2 rings (SSSR count). The summed E-state index contributed by atoms with van der Waals surface area (Å²) in [6.45, 7) is 6.54. The maximum absolute atomic E-state index is 12.7. The molecule has 0 aliphatic carbocycles. The lowest BCUT2D eigenvalue weighted by Gasteiger charge is -2.09. The van der Waals surface area contributed by atoms with E-state index in [0.717, 1.165) is 35.6 Å². The molecule has 1 amide bonds. The van der Waals surface area contributed by atoms with Gasteiger partial charge in [-0.05, 0) is 57.5 Å². The Morgan fingerprint density at radius 3 is 2.20 bits per heavy atom. The number of halogens is 3. The molecule has 30 heavy (non-hydrogen) atoms. The first-order valence-corrected chi connectivity index (χ1v) is 9.77. The van der Waals surface area contributed by atoms with Crippen molar-refractivity contribution in [3.8, 4) is 0 Å². The van der Waals surface area contributed by atoms with Crippen LogP contribution in [0.5, 0.6) is 0 Å². The van der Waals surface area contributed by atoms with Crippen LogP contribution in [0.4, 0.5) is 18.2 Å². The van der Waals surface area contributed by atoms with Crippen molar-refractivity contribution in [1.82, 2.24) is 0 Å². The van der Waals surface area contributed by atoms with E-state index in [2.05, 4.69) is 5.32 Å². The molecule has 0 radical (unpaired) electrons. The smallest absolute Gasteiger partial charge is 0.416 e. The normalized spacial score (nSPS) is 11.3. The number of carbonyl (C=O) groups excluding carboxylic acids is 3. The standard InChI is InChI=1S/C20H20F3NO5S/c1-5-28-18(26)14-11(4)15(19(27)29-10(2)3)30-17(14)24-16(25)12-6-8-13(9-7-12)20(21,22)23/h6-10H,5H2,1-4H3,(H,24,25). The summed E-state index contributed by atoms with van der Waals surface area (Å²) in [5.41, 5.74) is -0.656. The van der Waals surface area contributed by atoms with Crippen molar-refractivity contribution in [1.29, 1.82) is 0 Å². The lowest BCUT2D eigenvalue weighted by molar-refractivity contribution is -0.137. The molecular weight excluding hydrogens is 423 g/mol. The number of ether oxygens (including phenoxy) is 2. The highest BCUT2D eigenvalue weighted by molar-refractivity contribution is 7.18. The van der Waals surface area contributed by atoms with E-state index in [1.807, 2.05) is 0 Å². The Morgan fingerprint density at radius 1 is 1.10 bits per heavy atom. The summed E-state index contributed by atoms with van der Waals surface area (Å²) in [7, 11) is 0. The van der Waals surface area contributed by atoms with Crippen LogP contribution >= 0.6 is 11.3 Å². The van der Waals surface area contributed by atoms with Gasteiger partial charge < -0.3 is 14.8 Å². The van der Waals surface area contributed by atoms with E-state index in [-0.39, 0.29) is 33.2 Å². The molecule has 0 bridgehead atoms. The number of thiophene rings is 1. The van der Waals surface area contributed by atoms with Gasteiger partial charge >= 0.3 is 18.1 Å². The topological polar surface area (TPSA) is 81.7 Å². The minimum atomic E-state index is -4.53. The van der Waals surface area contributed by atoms with E-state index in [0.29, 0.717) is 0 Å². The molecule has 0 saturated heterocycles. The van der Waals surface area contributed by atoms with Crippen molar-refractivity contribution < 1.29 is 37.0 Å². The Morgan fingerprint density at radius 2 is 1.70 bits per heavy atom. The van der Waals surface area contributed by atoms with Crippen LogP contribution in [0.25, 0.3) is 0 Å². The van der Waals surface area contributed by atoms with Crippen LogP contribution in [0.3, 0.4) is 0 Å². The second kappa shape index (κ2) is 9.29. The second-order valence-corrected chi connectivity index (χ2v) is 7.48. The first-order valence-electron chi connectivity index (χ1n) is 8.95. The average Bonchev–Trinajstić information content (AvgIpc) is 2.97. The van der Waals surface area contributed by atoms with Gasteiger partial charge in [-0.1, -0.05) is 0 Å². The molecule has 0 fully saturated rings. The van der Waals surface area contributed by atoms with Gasteiger partial charge in [-0.25, -0.2) is 9.59 Å². The molecule has 0 unspecified atom stereocenters. The fraction of sp³-hybridized carbons (Fsp3) is 0.350. The van der Waals surface area contributed by atoms with Crippen LogP contribution in [0.1, 0.15) is 62.3 Å². The van der Waals surface area contributed by atoms with E-state index < -0.39 is 35.7 Å². The number of rotatable bonds is 6. The lowest BCUT2D eigenvalue weighted by Crippen LogP contribution is -2.15. The van der Waals surface area contributed by atoms with E-state index in [1.54, 1.807) is 20.8 Å². The van der Waals surface area contributed by atoms with Crippen LogP contribution in [0, 0.1) is 6.92 Å². The number of amides is 1. The molecular formula is C20H20F3NO5S. The number of anilines is 1. The summed E-state index contributed by atoms with van der Waals surface area (Å²) in [4.78, 5) is 37.3. The fourth-order valence-corrected chi connectivity index (χ4v) is 3.57. The van der Waals surface area contributed by atoms with Crippen LogP contribution in [-0.2, 0) is 15.7 Å². The van der Waals surface area contributed by atoms with Gasteiger partial charge in [0.1, 0.15) is 9.88 Å². The third-order valence-corrected chi connectivity index (χ3v) is 5.04. The molecule has 2 aromatic rings. The van der Waals surface area contributed by atoms with Crippen molar-refractivity contribution in [2.24, 2.45) is 0 Å². The molecule has 1 aromatic heterocycles. The molecule has 0 atom stereocenters. The molecule has 10 heteroatoms. The maximum atomic E-state index is 12.7. The van der Waals surface area contributed by atoms with Gasteiger partial charge in [0.2, 0.25) is 0 Å². The Hall–Kier alpha value is -2.88. The van der Waals surface area contributed by atoms with Gasteiger partial charge in [-0.3, -0.25) is 4.79 Å². The lowest BCUT2D eigenvalue weighted by atomic mass is 10.1. The summed E-state index contributed by atoms with van der Waals surface area (Å²) in [6, 6.07) is 3.62. The predicted molar refractivity (Wildman–Crippen MR) is 105 cm³/mol.